The van der Waals surface area contributed by atoms with Crippen LogP contribution in [0.15, 0.2) is 0 Å². The van der Waals surface area contributed by atoms with Gasteiger partial charge in [0.2, 0.25) is 0 Å². The van der Waals surface area contributed by atoms with E-state index in [1.807, 2.05) is 6.92 Å². The summed E-state index contributed by atoms with van der Waals surface area (Å²) in [6.45, 7) is 1.98. The van der Waals surface area contributed by atoms with Gasteiger partial charge < -0.3 is 9.47 Å². The van der Waals surface area contributed by atoms with Crippen LogP contribution in [-0.4, -0.2) is 62.3 Å². The molecule has 1 N–H and O–H groups in total. The molecule has 0 spiro atoms. The van der Waals surface area contributed by atoms with Crippen LogP contribution in [0.1, 0.15) is 45.4 Å². The van der Waals surface area contributed by atoms with Crippen molar-refractivity contribution in [3.63, 3.8) is 0 Å². The maximum absolute atomic E-state index is 12.9. The summed E-state index contributed by atoms with van der Waals surface area (Å²) in [7, 11) is -7.93. The smallest absolute Gasteiger partial charge is 0.309 e. The molecule has 0 aromatic carbocycles. The zero-order valence-electron chi connectivity index (χ0n) is 14.9. The first-order chi connectivity index (χ1) is 12.6. The molecule has 4 fully saturated rings. The Bertz CT molecular complexity index is 821. The SMILES string of the molecule is CCCC1CCC(S(=O)(=O)O)CC1C(=O)OC1C2CC3C(O2)C1OS3(=O)=O. The van der Waals surface area contributed by atoms with E-state index < -0.39 is 67.0 Å². The molecule has 3 aliphatic heterocycles. The Labute approximate surface area is 158 Å². The summed E-state index contributed by atoms with van der Waals surface area (Å²) in [4.78, 5) is 12.9. The van der Waals surface area contributed by atoms with E-state index in [-0.39, 0.29) is 18.8 Å². The van der Waals surface area contributed by atoms with Crippen molar-refractivity contribution in [3.8, 4) is 0 Å². The first kappa shape index (κ1) is 19.6. The summed E-state index contributed by atoms with van der Waals surface area (Å²) in [5.74, 6) is -1.24. The third kappa shape index (κ3) is 3.31. The van der Waals surface area contributed by atoms with E-state index in [2.05, 4.69) is 0 Å². The van der Waals surface area contributed by atoms with Crippen LogP contribution in [-0.2, 0) is 38.7 Å². The van der Waals surface area contributed by atoms with Crippen LogP contribution in [0.4, 0.5) is 0 Å². The third-order valence-corrected chi connectivity index (χ3v) is 9.34. The zero-order valence-corrected chi connectivity index (χ0v) is 16.5. The molecule has 1 saturated carbocycles. The van der Waals surface area contributed by atoms with Crippen molar-refractivity contribution in [2.45, 2.75) is 80.4 Å². The summed E-state index contributed by atoms with van der Waals surface area (Å²) in [6, 6.07) is 0. The van der Waals surface area contributed by atoms with Gasteiger partial charge in [0.15, 0.2) is 6.10 Å². The average Bonchev–Trinajstić information content (AvgIpc) is 3.18. The van der Waals surface area contributed by atoms with E-state index in [0.29, 0.717) is 12.8 Å². The second kappa shape index (κ2) is 6.65. The molecule has 2 bridgehead atoms. The molecule has 0 aromatic heterocycles. The fraction of sp³-hybridized carbons (Fsp3) is 0.938. The minimum absolute atomic E-state index is 0.0104. The van der Waals surface area contributed by atoms with Crippen LogP contribution in [0.5, 0.6) is 0 Å². The molecule has 4 rings (SSSR count). The Kier molecular flexibility index (Phi) is 4.82. The van der Waals surface area contributed by atoms with Gasteiger partial charge in [0, 0.05) is 0 Å². The van der Waals surface area contributed by atoms with Crippen LogP contribution in [0.2, 0.25) is 0 Å². The molecule has 4 aliphatic rings. The van der Waals surface area contributed by atoms with Crippen molar-refractivity contribution in [2.75, 3.05) is 0 Å². The molecule has 27 heavy (non-hydrogen) atoms. The highest BCUT2D eigenvalue weighted by Crippen LogP contribution is 2.48. The quantitative estimate of drug-likeness (QED) is 0.383. The van der Waals surface area contributed by atoms with Gasteiger partial charge in [-0.2, -0.15) is 16.8 Å². The van der Waals surface area contributed by atoms with E-state index in [9.17, 15) is 26.2 Å². The number of fused-ring (bicyclic) bond motifs is 1. The Hall–Kier alpha value is -0.750. The van der Waals surface area contributed by atoms with E-state index >= 15 is 0 Å². The van der Waals surface area contributed by atoms with Crippen molar-refractivity contribution in [1.29, 1.82) is 0 Å². The molecule has 0 radical (unpaired) electrons. The molecule has 9 nitrogen and oxygen atoms in total. The fourth-order valence-corrected chi connectivity index (χ4v) is 7.59. The maximum atomic E-state index is 12.9. The van der Waals surface area contributed by atoms with Crippen molar-refractivity contribution in [3.05, 3.63) is 0 Å². The lowest BCUT2D eigenvalue weighted by Crippen LogP contribution is -2.44. The van der Waals surface area contributed by atoms with Gasteiger partial charge in [-0.25, -0.2) is 0 Å². The molecule has 8 unspecified atom stereocenters. The molecule has 8 atom stereocenters. The summed E-state index contributed by atoms with van der Waals surface area (Å²) >= 11 is 0. The van der Waals surface area contributed by atoms with Crippen LogP contribution in [0, 0.1) is 11.8 Å². The Morgan fingerprint density at radius 2 is 1.96 bits per heavy atom. The van der Waals surface area contributed by atoms with Gasteiger partial charge in [-0.15, -0.1) is 0 Å². The number of rotatable bonds is 5. The normalized spacial score (nSPS) is 45.1. The van der Waals surface area contributed by atoms with Gasteiger partial charge in [-0.3, -0.25) is 13.5 Å². The van der Waals surface area contributed by atoms with E-state index in [1.54, 1.807) is 0 Å². The highest BCUT2D eigenvalue weighted by molar-refractivity contribution is 7.87. The minimum Gasteiger partial charge on any atom is -0.456 e. The maximum Gasteiger partial charge on any atom is 0.309 e. The Morgan fingerprint density at radius 1 is 1.22 bits per heavy atom. The predicted molar refractivity (Wildman–Crippen MR) is 91.8 cm³/mol. The molecule has 1 aliphatic carbocycles. The first-order valence-corrected chi connectivity index (χ1v) is 12.3. The van der Waals surface area contributed by atoms with Crippen LogP contribution < -0.4 is 0 Å². The molecule has 11 heteroatoms. The van der Waals surface area contributed by atoms with Gasteiger partial charge in [-0.05, 0) is 38.0 Å². The largest absolute Gasteiger partial charge is 0.456 e. The van der Waals surface area contributed by atoms with Gasteiger partial charge in [0.1, 0.15) is 17.5 Å². The predicted octanol–water partition coefficient (Wildman–Crippen LogP) is 0.639. The lowest BCUT2D eigenvalue weighted by molar-refractivity contribution is -0.163. The van der Waals surface area contributed by atoms with Crippen LogP contribution >= 0.6 is 0 Å². The number of carbonyl (C=O) groups is 1. The highest BCUT2D eigenvalue weighted by atomic mass is 32.2. The average molecular weight is 424 g/mol. The monoisotopic (exact) mass is 424 g/mol. The molecule has 154 valence electrons. The number of ether oxygens (including phenoxy) is 2. The standard InChI is InChI=1S/C16H24O9S2/c1-2-3-8-4-5-9(26(18,19)20)6-10(8)16(17)24-13-11-7-12-14(23-11)15(13)25-27(12,21)22/h8-15H,2-7H2,1H3,(H,18,19,20). The second-order valence-electron chi connectivity index (χ2n) is 7.97. The van der Waals surface area contributed by atoms with Crippen molar-refractivity contribution >= 4 is 26.2 Å². The zero-order chi connectivity index (χ0) is 19.6. The summed E-state index contributed by atoms with van der Waals surface area (Å²) in [5, 5.41) is -1.68. The van der Waals surface area contributed by atoms with Crippen LogP contribution in [0.25, 0.3) is 0 Å². The van der Waals surface area contributed by atoms with Gasteiger partial charge in [0.25, 0.3) is 20.2 Å². The molecular formula is C16H24O9S2. The second-order valence-corrected chi connectivity index (χ2v) is 11.5. The van der Waals surface area contributed by atoms with Crippen molar-refractivity contribution < 1.29 is 39.8 Å². The van der Waals surface area contributed by atoms with E-state index in [0.717, 1.165) is 12.8 Å². The molecule has 0 amide bonds. The van der Waals surface area contributed by atoms with Crippen LogP contribution in [0.3, 0.4) is 0 Å². The first-order valence-electron chi connectivity index (χ1n) is 9.36. The summed E-state index contributed by atoms with van der Waals surface area (Å²) < 4.78 is 72.8. The number of hydrogen-bond acceptors (Lipinski definition) is 8. The lowest BCUT2D eigenvalue weighted by Gasteiger charge is -2.34. The summed E-state index contributed by atoms with van der Waals surface area (Å²) in [5.41, 5.74) is 0. The highest BCUT2D eigenvalue weighted by Gasteiger charge is 2.67. The van der Waals surface area contributed by atoms with Crippen molar-refractivity contribution in [1.82, 2.24) is 0 Å². The number of hydrogen-bond donors (Lipinski definition) is 1. The molecule has 3 saturated heterocycles. The van der Waals surface area contributed by atoms with Gasteiger partial charge >= 0.3 is 5.97 Å². The van der Waals surface area contributed by atoms with Crippen molar-refractivity contribution in [2.24, 2.45) is 11.8 Å². The Balaban J connectivity index is 1.49. The van der Waals surface area contributed by atoms with E-state index in [4.69, 9.17) is 13.7 Å². The lowest BCUT2D eigenvalue weighted by atomic mass is 9.76. The van der Waals surface area contributed by atoms with Gasteiger partial charge in [0.05, 0.1) is 17.3 Å². The molecule has 0 aromatic rings. The topological polar surface area (TPSA) is 133 Å². The van der Waals surface area contributed by atoms with Gasteiger partial charge in [-0.1, -0.05) is 13.3 Å². The minimum atomic E-state index is -4.23. The number of esters is 1. The fourth-order valence-electron chi connectivity index (χ4n) is 5.06. The summed E-state index contributed by atoms with van der Waals surface area (Å²) in [6.07, 6.45) is -0.0855. The number of carbonyl (C=O) groups excluding carboxylic acids is 1. The van der Waals surface area contributed by atoms with E-state index in [1.165, 1.54) is 0 Å². The third-order valence-electron chi connectivity index (χ3n) is 6.37. The molecule has 3 heterocycles. The molecular weight excluding hydrogens is 400 g/mol. The Morgan fingerprint density at radius 3 is 2.63 bits per heavy atom.